The van der Waals surface area contributed by atoms with E-state index in [0.29, 0.717) is 18.3 Å². The van der Waals surface area contributed by atoms with Crippen LogP contribution in [0, 0.1) is 49.6 Å². The smallest absolute Gasteiger partial charge is 0.408 e. The molecule has 2 aliphatic rings. The van der Waals surface area contributed by atoms with E-state index >= 15 is 0 Å². The molecule has 1 amide bonds. The molecule has 116 valence electrons. The van der Waals surface area contributed by atoms with Gasteiger partial charge >= 0.3 is 6.09 Å². The first-order valence-electron chi connectivity index (χ1n) is 7.37. The largest absolute Gasteiger partial charge is 0.444 e. The maximum atomic E-state index is 12.1. The van der Waals surface area contributed by atoms with E-state index in [1.54, 1.807) is 0 Å². The second kappa shape index (κ2) is 7.46. The molecule has 0 aromatic rings. The zero-order valence-corrected chi connectivity index (χ0v) is 13.3. The van der Waals surface area contributed by atoms with Crippen molar-refractivity contribution >= 4 is 11.9 Å². The molecule has 2 rings (SSSR count). The molecule has 0 spiro atoms. The number of Topliss-reactive ketones (excluding diaryl/α,β-unsaturated/α-hetero) is 1. The maximum Gasteiger partial charge on any atom is 0.408 e. The number of hydrogen-bond acceptors (Lipinski definition) is 3. The van der Waals surface area contributed by atoms with Crippen molar-refractivity contribution in [3.8, 4) is 0 Å². The van der Waals surface area contributed by atoms with Crippen LogP contribution in [0.2, 0.25) is 0 Å². The van der Waals surface area contributed by atoms with E-state index < -0.39 is 11.7 Å². The number of rotatable bonds is 1. The van der Waals surface area contributed by atoms with Crippen LogP contribution < -0.4 is 5.32 Å². The van der Waals surface area contributed by atoms with Crippen LogP contribution in [0.25, 0.3) is 0 Å². The van der Waals surface area contributed by atoms with Crippen LogP contribution in [0.15, 0.2) is 0 Å². The first-order valence-corrected chi connectivity index (χ1v) is 7.37. The Kier molecular flexibility index (Phi) is 6.81. The summed E-state index contributed by atoms with van der Waals surface area (Å²) in [6, 6.07) is -0.339. The average Bonchev–Trinajstić information content (AvgIpc) is 2.27. The second-order valence-electron chi connectivity index (χ2n) is 6.91. The normalized spacial score (nSPS) is 29.9. The first kappa shape index (κ1) is 18.2. The summed E-state index contributed by atoms with van der Waals surface area (Å²) in [4.78, 5) is 23.8. The van der Waals surface area contributed by atoms with Gasteiger partial charge in [-0.05, 0) is 45.4 Å². The van der Waals surface area contributed by atoms with Crippen molar-refractivity contribution in [3.63, 3.8) is 0 Å². The molecule has 3 unspecified atom stereocenters. The Hall–Kier alpha value is 0.200. The van der Waals surface area contributed by atoms with E-state index in [9.17, 15) is 9.59 Å². The summed E-state index contributed by atoms with van der Waals surface area (Å²) in [6.07, 6.45) is 5.83. The first-order chi connectivity index (χ1) is 8.85. The van der Waals surface area contributed by atoms with Crippen LogP contribution in [0.4, 0.5) is 4.79 Å². The van der Waals surface area contributed by atoms with Crippen molar-refractivity contribution in [1.82, 2.24) is 5.32 Å². The number of alkyl carbamates (subject to hydrolysis) is 1. The molecule has 5 heteroatoms. The zero-order valence-electron chi connectivity index (χ0n) is 12.6. The molecule has 2 saturated carbocycles. The van der Waals surface area contributed by atoms with E-state index in [1.807, 2.05) is 20.8 Å². The summed E-state index contributed by atoms with van der Waals surface area (Å²) in [6.45, 7) is 5.48. The molecule has 0 heterocycles. The van der Waals surface area contributed by atoms with Crippen LogP contribution in [0.5, 0.6) is 0 Å². The van der Waals surface area contributed by atoms with Gasteiger partial charge < -0.3 is 10.1 Å². The van der Waals surface area contributed by atoms with Gasteiger partial charge in [0.25, 0.3) is 0 Å². The minimum Gasteiger partial charge on any atom is -0.444 e. The molecule has 1 N–H and O–H groups in total. The summed E-state index contributed by atoms with van der Waals surface area (Å²) in [5, 5.41) is 2.75. The molecule has 0 aliphatic heterocycles. The SMILES string of the molecule is CC(C)(C)OC(=O)NC1CC2CCCCC2CC1=O.[Ar]. The van der Waals surface area contributed by atoms with Crippen LogP contribution in [0.3, 0.4) is 0 Å². The molecule has 2 aliphatic carbocycles. The predicted octanol–water partition coefficient (Wildman–Crippen LogP) is 3.05. The monoisotopic (exact) mass is 307 g/mol. The van der Waals surface area contributed by atoms with E-state index in [1.165, 1.54) is 25.7 Å². The summed E-state index contributed by atoms with van der Waals surface area (Å²) in [5.41, 5.74) is -0.519. The second-order valence-corrected chi connectivity index (χ2v) is 6.91. The van der Waals surface area contributed by atoms with Crippen LogP contribution in [-0.4, -0.2) is 23.5 Å². The Bertz CT molecular complexity index is 365. The third kappa shape index (κ3) is 5.19. The number of nitrogens with one attached hydrogen (secondary N) is 1. The van der Waals surface area contributed by atoms with E-state index in [2.05, 4.69) is 5.32 Å². The summed E-state index contributed by atoms with van der Waals surface area (Å²) >= 11 is 0. The number of carbonyl (C=O) groups is 2. The number of fused-ring (bicyclic) bond motifs is 1. The van der Waals surface area contributed by atoms with Gasteiger partial charge in [0.15, 0.2) is 5.78 Å². The van der Waals surface area contributed by atoms with Gasteiger partial charge in [0, 0.05) is 44.2 Å². The molecule has 0 radical (unpaired) electrons. The fraction of sp³-hybridized carbons (Fsp3) is 0.867. The van der Waals surface area contributed by atoms with Crippen molar-refractivity contribution < 1.29 is 52.1 Å². The minimum atomic E-state index is -0.519. The van der Waals surface area contributed by atoms with Gasteiger partial charge in [0.2, 0.25) is 0 Å². The summed E-state index contributed by atoms with van der Waals surface area (Å²) in [5.74, 6) is 1.33. The van der Waals surface area contributed by atoms with Gasteiger partial charge in [0.05, 0.1) is 6.04 Å². The van der Waals surface area contributed by atoms with Crippen molar-refractivity contribution in [1.29, 1.82) is 0 Å². The van der Waals surface area contributed by atoms with Gasteiger partial charge in [-0.25, -0.2) is 4.79 Å². The maximum absolute atomic E-state index is 12.1. The number of ketones is 1. The third-order valence-corrected chi connectivity index (χ3v) is 4.15. The van der Waals surface area contributed by atoms with Gasteiger partial charge in [-0.2, -0.15) is 0 Å². The molecule has 0 aromatic carbocycles. The Morgan fingerprint density at radius 1 is 1.20 bits per heavy atom. The Morgan fingerprint density at radius 3 is 2.40 bits per heavy atom. The number of amides is 1. The Labute approximate surface area is 151 Å². The molecule has 0 aromatic heterocycles. The molecular weight excluding hydrogens is 282 g/mol. The van der Waals surface area contributed by atoms with Crippen molar-refractivity contribution in [2.75, 3.05) is 0 Å². The van der Waals surface area contributed by atoms with Gasteiger partial charge in [0.1, 0.15) is 5.60 Å². The van der Waals surface area contributed by atoms with Gasteiger partial charge in [-0.3, -0.25) is 4.79 Å². The van der Waals surface area contributed by atoms with Crippen LogP contribution >= 0.6 is 0 Å². The van der Waals surface area contributed by atoms with Crippen LogP contribution in [0.1, 0.15) is 59.3 Å². The molecule has 4 nitrogen and oxygen atoms in total. The number of hydrogen-bond donors (Lipinski definition) is 1. The fourth-order valence-electron chi connectivity index (χ4n) is 3.29. The molecule has 3 atom stereocenters. The van der Waals surface area contributed by atoms with Crippen molar-refractivity contribution in [2.45, 2.75) is 70.9 Å². The van der Waals surface area contributed by atoms with Crippen molar-refractivity contribution in [3.05, 3.63) is 0 Å². The zero-order chi connectivity index (χ0) is 14.0. The van der Waals surface area contributed by atoms with E-state index in [4.69, 9.17) is 4.74 Å². The Morgan fingerprint density at radius 2 is 1.80 bits per heavy atom. The van der Waals surface area contributed by atoms with Crippen molar-refractivity contribution in [2.24, 2.45) is 11.8 Å². The molecule has 0 saturated heterocycles. The molecule has 2 fully saturated rings. The summed E-state index contributed by atoms with van der Waals surface area (Å²) < 4.78 is 5.22. The number of carbonyl (C=O) groups excluding carboxylic acids is 2. The minimum absolute atomic E-state index is 0. The molecule has 20 heavy (non-hydrogen) atoms. The Balaban J connectivity index is 0.00000200. The fourth-order valence-corrected chi connectivity index (χ4v) is 3.29. The summed E-state index contributed by atoms with van der Waals surface area (Å²) in [7, 11) is 0. The van der Waals surface area contributed by atoms with Gasteiger partial charge in [-0.15, -0.1) is 0 Å². The quantitative estimate of drug-likeness (QED) is 0.810. The van der Waals surface area contributed by atoms with Gasteiger partial charge in [-0.1, -0.05) is 19.3 Å². The van der Waals surface area contributed by atoms with Crippen LogP contribution in [-0.2, 0) is 9.53 Å². The van der Waals surface area contributed by atoms with E-state index in [0.717, 1.165) is 6.42 Å². The average molecular weight is 307 g/mol. The van der Waals surface area contributed by atoms with E-state index in [-0.39, 0.29) is 49.6 Å². The predicted molar refractivity (Wildman–Crippen MR) is 72.8 cm³/mol. The number of ether oxygens (including phenoxy) is 1. The molecular formula is C15H25ArNO3. The topological polar surface area (TPSA) is 55.4 Å². The molecule has 0 bridgehead atoms. The third-order valence-electron chi connectivity index (χ3n) is 4.15. The standard InChI is InChI=1S/C15H25NO3.Ar/c1-15(2,3)19-14(18)16-12-8-10-6-4-5-7-11(10)9-13(12)17;/h10-12H,4-9H2,1-3H3,(H,16,18);.